The third-order valence-corrected chi connectivity index (χ3v) is 3.84. The summed E-state index contributed by atoms with van der Waals surface area (Å²) < 4.78 is 13.2. The number of halogens is 1. The molecule has 0 spiro atoms. The summed E-state index contributed by atoms with van der Waals surface area (Å²) in [6, 6.07) is 6.76. The Kier molecular flexibility index (Phi) is 2.42. The van der Waals surface area contributed by atoms with Crippen LogP contribution in [0.15, 0.2) is 24.3 Å². The molecule has 90 valence electrons. The molecule has 0 radical (unpaired) electrons. The molecule has 0 heterocycles. The van der Waals surface area contributed by atoms with Gasteiger partial charge in [0.25, 0.3) is 0 Å². The fraction of sp³-hybridized carbons (Fsp3) is 0.500. The van der Waals surface area contributed by atoms with Crippen LogP contribution in [-0.2, 0) is 10.2 Å². The molecule has 0 unspecified atom stereocenters. The van der Waals surface area contributed by atoms with E-state index < -0.39 is 0 Å². The first kappa shape index (κ1) is 10.8. The Bertz CT molecular complexity index is 449. The second-order valence-corrected chi connectivity index (χ2v) is 5.28. The SMILES string of the molecule is O=C(NCC1(c2cccc(F)c2)CC1)C1CC1. The molecule has 1 amide bonds. The quantitative estimate of drug-likeness (QED) is 0.850. The maximum absolute atomic E-state index is 13.2. The van der Waals surface area contributed by atoms with Crippen LogP contribution in [0.25, 0.3) is 0 Å². The van der Waals surface area contributed by atoms with E-state index in [1.165, 1.54) is 6.07 Å². The Morgan fingerprint density at radius 3 is 2.76 bits per heavy atom. The second kappa shape index (κ2) is 3.83. The molecule has 0 aromatic heterocycles. The molecule has 1 aromatic carbocycles. The van der Waals surface area contributed by atoms with Gasteiger partial charge < -0.3 is 5.32 Å². The van der Waals surface area contributed by atoms with E-state index in [2.05, 4.69) is 5.32 Å². The van der Waals surface area contributed by atoms with E-state index in [4.69, 9.17) is 0 Å². The Balaban J connectivity index is 1.67. The first-order valence-corrected chi connectivity index (χ1v) is 6.23. The van der Waals surface area contributed by atoms with Gasteiger partial charge >= 0.3 is 0 Å². The largest absolute Gasteiger partial charge is 0.355 e. The highest BCUT2D eigenvalue weighted by molar-refractivity contribution is 5.81. The van der Waals surface area contributed by atoms with Gasteiger partial charge in [-0.1, -0.05) is 12.1 Å². The predicted molar refractivity (Wildman–Crippen MR) is 63.0 cm³/mol. The Hall–Kier alpha value is -1.38. The van der Waals surface area contributed by atoms with Crippen LogP contribution in [0.5, 0.6) is 0 Å². The molecular weight excluding hydrogens is 217 g/mol. The van der Waals surface area contributed by atoms with Crippen molar-refractivity contribution in [2.24, 2.45) is 5.92 Å². The lowest BCUT2D eigenvalue weighted by molar-refractivity contribution is -0.122. The lowest BCUT2D eigenvalue weighted by Crippen LogP contribution is -2.33. The van der Waals surface area contributed by atoms with Crippen molar-refractivity contribution in [3.63, 3.8) is 0 Å². The molecule has 2 nitrogen and oxygen atoms in total. The zero-order valence-corrected chi connectivity index (χ0v) is 9.71. The minimum atomic E-state index is -0.192. The molecule has 2 aliphatic rings. The number of amides is 1. The summed E-state index contributed by atoms with van der Waals surface area (Å²) >= 11 is 0. The van der Waals surface area contributed by atoms with E-state index in [-0.39, 0.29) is 23.1 Å². The maximum atomic E-state index is 13.2. The summed E-state index contributed by atoms with van der Waals surface area (Å²) in [6.07, 6.45) is 4.14. The fourth-order valence-corrected chi connectivity index (χ4v) is 2.28. The van der Waals surface area contributed by atoms with Crippen molar-refractivity contribution < 1.29 is 9.18 Å². The van der Waals surface area contributed by atoms with Crippen LogP contribution in [0, 0.1) is 11.7 Å². The normalized spacial score (nSPS) is 21.0. The van der Waals surface area contributed by atoms with Gasteiger partial charge in [-0.2, -0.15) is 0 Å². The number of hydrogen-bond acceptors (Lipinski definition) is 1. The molecule has 2 saturated carbocycles. The van der Waals surface area contributed by atoms with E-state index in [0.29, 0.717) is 6.54 Å². The summed E-state index contributed by atoms with van der Waals surface area (Å²) in [5.74, 6) is 0.230. The van der Waals surface area contributed by atoms with E-state index in [1.807, 2.05) is 6.07 Å². The third kappa shape index (κ3) is 2.19. The first-order chi connectivity index (χ1) is 8.20. The number of hydrogen-bond donors (Lipinski definition) is 1. The van der Waals surface area contributed by atoms with E-state index in [9.17, 15) is 9.18 Å². The molecule has 0 atom stereocenters. The summed E-state index contributed by atoms with van der Waals surface area (Å²) in [6.45, 7) is 0.659. The van der Waals surface area contributed by atoms with Gasteiger partial charge in [-0.05, 0) is 43.4 Å². The number of benzene rings is 1. The van der Waals surface area contributed by atoms with Gasteiger partial charge in [0, 0.05) is 17.9 Å². The summed E-state index contributed by atoms with van der Waals surface area (Å²) in [4.78, 5) is 11.6. The van der Waals surface area contributed by atoms with Gasteiger partial charge in [-0.25, -0.2) is 4.39 Å². The average molecular weight is 233 g/mol. The molecule has 2 fully saturated rings. The highest BCUT2D eigenvalue weighted by Crippen LogP contribution is 2.47. The van der Waals surface area contributed by atoms with Crippen molar-refractivity contribution in [3.8, 4) is 0 Å². The van der Waals surface area contributed by atoms with Crippen LogP contribution in [0.1, 0.15) is 31.2 Å². The molecule has 3 heteroatoms. The topological polar surface area (TPSA) is 29.1 Å². The Morgan fingerprint density at radius 1 is 1.41 bits per heavy atom. The monoisotopic (exact) mass is 233 g/mol. The van der Waals surface area contributed by atoms with Gasteiger partial charge in [0.2, 0.25) is 5.91 Å². The Morgan fingerprint density at radius 2 is 2.18 bits per heavy atom. The number of rotatable bonds is 4. The molecule has 1 aromatic rings. The summed E-state index contributed by atoms with van der Waals surface area (Å²) in [5.41, 5.74) is 1.03. The van der Waals surface area contributed by atoms with E-state index in [0.717, 1.165) is 31.2 Å². The first-order valence-electron chi connectivity index (χ1n) is 6.23. The number of carbonyl (C=O) groups excluding carboxylic acids is 1. The van der Waals surface area contributed by atoms with Crippen LogP contribution >= 0.6 is 0 Å². The van der Waals surface area contributed by atoms with Crippen LogP contribution in [-0.4, -0.2) is 12.5 Å². The molecule has 1 N–H and O–H groups in total. The molecular formula is C14H16FNO. The predicted octanol–water partition coefficient (Wildman–Crippen LogP) is 2.38. The fourth-order valence-electron chi connectivity index (χ4n) is 2.28. The van der Waals surface area contributed by atoms with Crippen LogP contribution in [0.3, 0.4) is 0 Å². The lowest BCUT2D eigenvalue weighted by Gasteiger charge is -2.16. The van der Waals surface area contributed by atoms with Crippen molar-refractivity contribution in [1.29, 1.82) is 0 Å². The van der Waals surface area contributed by atoms with E-state index in [1.54, 1.807) is 12.1 Å². The van der Waals surface area contributed by atoms with Gasteiger partial charge in [-0.15, -0.1) is 0 Å². The maximum Gasteiger partial charge on any atom is 0.223 e. The molecule has 17 heavy (non-hydrogen) atoms. The molecule has 2 aliphatic carbocycles. The van der Waals surface area contributed by atoms with Crippen molar-refractivity contribution in [1.82, 2.24) is 5.32 Å². The number of carbonyl (C=O) groups is 1. The van der Waals surface area contributed by atoms with Gasteiger partial charge in [0.05, 0.1) is 0 Å². The zero-order chi connectivity index (χ0) is 11.9. The lowest BCUT2D eigenvalue weighted by atomic mass is 9.96. The second-order valence-electron chi connectivity index (χ2n) is 5.28. The van der Waals surface area contributed by atoms with Crippen LogP contribution in [0.2, 0.25) is 0 Å². The zero-order valence-electron chi connectivity index (χ0n) is 9.71. The van der Waals surface area contributed by atoms with Crippen molar-refractivity contribution in [3.05, 3.63) is 35.6 Å². The van der Waals surface area contributed by atoms with Crippen LogP contribution < -0.4 is 5.32 Å². The highest BCUT2D eigenvalue weighted by Gasteiger charge is 2.45. The van der Waals surface area contributed by atoms with Gasteiger partial charge in [0.1, 0.15) is 5.82 Å². The standard InChI is InChI=1S/C14H16FNO/c15-12-3-1-2-11(8-12)14(6-7-14)9-16-13(17)10-4-5-10/h1-3,8,10H,4-7,9H2,(H,16,17). The summed E-state index contributed by atoms with van der Waals surface area (Å²) in [7, 11) is 0. The van der Waals surface area contributed by atoms with Gasteiger partial charge in [-0.3, -0.25) is 4.79 Å². The van der Waals surface area contributed by atoms with Crippen molar-refractivity contribution in [2.45, 2.75) is 31.1 Å². The van der Waals surface area contributed by atoms with Crippen LogP contribution in [0.4, 0.5) is 4.39 Å². The minimum Gasteiger partial charge on any atom is -0.355 e. The van der Waals surface area contributed by atoms with Gasteiger partial charge in [0.15, 0.2) is 0 Å². The molecule has 0 saturated heterocycles. The average Bonchev–Trinajstić information content (AvgIpc) is 3.19. The molecule has 0 aliphatic heterocycles. The molecule has 0 bridgehead atoms. The van der Waals surface area contributed by atoms with E-state index >= 15 is 0 Å². The minimum absolute atomic E-state index is 0.00660. The molecule has 3 rings (SSSR count). The Labute approximate surface area is 100 Å². The van der Waals surface area contributed by atoms with Crippen molar-refractivity contribution in [2.75, 3.05) is 6.54 Å². The smallest absolute Gasteiger partial charge is 0.223 e. The highest BCUT2D eigenvalue weighted by atomic mass is 19.1. The number of nitrogens with one attached hydrogen (secondary N) is 1. The third-order valence-electron chi connectivity index (χ3n) is 3.84. The summed E-state index contributed by atoms with van der Waals surface area (Å²) in [5, 5.41) is 3.00. The van der Waals surface area contributed by atoms with Crippen molar-refractivity contribution >= 4 is 5.91 Å².